The lowest BCUT2D eigenvalue weighted by atomic mass is 10.1. The van der Waals surface area contributed by atoms with Crippen molar-refractivity contribution in [1.29, 1.82) is 0 Å². The molecule has 1 aliphatic heterocycles. The van der Waals surface area contributed by atoms with Gasteiger partial charge in [-0.25, -0.2) is 14.1 Å². The number of halogens is 2. The summed E-state index contributed by atoms with van der Waals surface area (Å²) in [6.45, 7) is 7.91. The lowest BCUT2D eigenvalue weighted by Crippen LogP contribution is -2.31. The molecule has 0 radical (unpaired) electrons. The fraction of sp³-hybridized carbons (Fsp3) is 0.450. The van der Waals surface area contributed by atoms with E-state index in [1.54, 1.807) is 16.8 Å². The Hall–Kier alpha value is -2.41. The summed E-state index contributed by atoms with van der Waals surface area (Å²) in [5, 5.41) is 5.38. The average Bonchev–Trinajstić information content (AvgIpc) is 3.01. The van der Waals surface area contributed by atoms with Crippen molar-refractivity contribution >= 4 is 34.4 Å². The third kappa shape index (κ3) is 3.28. The second-order valence-corrected chi connectivity index (χ2v) is 8.62. The second-order valence-electron chi connectivity index (χ2n) is 8.22. The van der Waals surface area contributed by atoms with Crippen molar-refractivity contribution < 1.29 is 4.39 Å². The van der Waals surface area contributed by atoms with Crippen molar-refractivity contribution in [1.82, 2.24) is 19.7 Å². The minimum Gasteiger partial charge on any atom is -0.383 e. The van der Waals surface area contributed by atoms with E-state index in [4.69, 9.17) is 27.3 Å². The Balaban J connectivity index is 1.98. The van der Waals surface area contributed by atoms with Gasteiger partial charge >= 0.3 is 0 Å². The summed E-state index contributed by atoms with van der Waals surface area (Å²) < 4.78 is 15.5. The maximum Gasteiger partial charge on any atom is 0.228 e. The maximum atomic E-state index is 13.7. The molecule has 8 heteroatoms. The molecule has 0 bridgehead atoms. The van der Waals surface area contributed by atoms with Crippen LogP contribution >= 0.6 is 11.6 Å². The first-order valence-corrected chi connectivity index (χ1v) is 9.90. The van der Waals surface area contributed by atoms with Crippen molar-refractivity contribution in [2.75, 3.05) is 23.7 Å². The molecule has 1 aromatic carbocycles. The van der Waals surface area contributed by atoms with Gasteiger partial charge in [-0.1, -0.05) is 11.6 Å². The summed E-state index contributed by atoms with van der Waals surface area (Å²) in [4.78, 5) is 11.7. The first-order valence-electron chi connectivity index (χ1n) is 9.53. The van der Waals surface area contributed by atoms with Gasteiger partial charge in [0.1, 0.15) is 11.6 Å². The molecular weight excluding hydrogens is 379 g/mol. The van der Waals surface area contributed by atoms with Gasteiger partial charge in [-0.3, -0.25) is 0 Å². The predicted octanol–water partition coefficient (Wildman–Crippen LogP) is 4.61. The predicted molar refractivity (Wildman–Crippen MR) is 111 cm³/mol. The summed E-state index contributed by atoms with van der Waals surface area (Å²) >= 11 is 6.04. The minimum atomic E-state index is -0.467. The van der Waals surface area contributed by atoms with Crippen LogP contribution in [0, 0.1) is 5.82 Å². The zero-order valence-corrected chi connectivity index (χ0v) is 17.1. The van der Waals surface area contributed by atoms with E-state index >= 15 is 0 Å². The highest BCUT2D eigenvalue weighted by atomic mass is 35.5. The minimum absolute atomic E-state index is 0.0468. The number of benzene rings is 1. The van der Waals surface area contributed by atoms with Crippen LogP contribution in [0.25, 0.3) is 22.3 Å². The van der Waals surface area contributed by atoms with Gasteiger partial charge in [0.15, 0.2) is 5.65 Å². The van der Waals surface area contributed by atoms with Gasteiger partial charge in [0.2, 0.25) is 5.95 Å². The number of nitrogen functional groups attached to an aromatic ring is 1. The molecule has 2 N–H and O–H groups in total. The van der Waals surface area contributed by atoms with E-state index in [0.717, 1.165) is 25.9 Å². The maximum absolute atomic E-state index is 13.7. The monoisotopic (exact) mass is 402 g/mol. The highest BCUT2D eigenvalue weighted by Gasteiger charge is 2.26. The molecule has 0 spiro atoms. The topological polar surface area (TPSA) is 72.9 Å². The normalized spacial score (nSPS) is 15.4. The Bertz CT molecular complexity index is 1030. The number of anilines is 2. The molecule has 0 aliphatic carbocycles. The Morgan fingerprint density at radius 3 is 2.46 bits per heavy atom. The lowest BCUT2D eigenvalue weighted by molar-refractivity contribution is 0.364. The second kappa shape index (κ2) is 6.88. The van der Waals surface area contributed by atoms with E-state index in [-0.39, 0.29) is 10.6 Å². The van der Waals surface area contributed by atoms with Crippen LogP contribution in [0.1, 0.15) is 40.0 Å². The smallest absolute Gasteiger partial charge is 0.228 e. The summed E-state index contributed by atoms with van der Waals surface area (Å²) in [5.41, 5.74) is 8.01. The number of rotatable bonds is 2. The highest BCUT2D eigenvalue weighted by molar-refractivity contribution is 6.31. The Morgan fingerprint density at radius 1 is 1.11 bits per heavy atom. The third-order valence-corrected chi connectivity index (χ3v) is 5.31. The molecule has 4 rings (SSSR count). The van der Waals surface area contributed by atoms with Gasteiger partial charge in [0.25, 0.3) is 0 Å². The van der Waals surface area contributed by atoms with E-state index in [9.17, 15) is 4.39 Å². The molecule has 148 valence electrons. The van der Waals surface area contributed by atoms with Crippen LogP contribution in [0.15, 0.2) is 18.2 Å². The van der Waals surface area contributed by atoms with Crippen molar-refractivity contribution in [2.24, 2.45) is 0 Å². The first-order chi connectivity index (χ1) is 13.3. The van der Waals surface area contributed by atoms with Crippen LogP contribution in [0.4, 0.5) is 16.2 Å². The molecule has 2 aromatic heterocycles. The van der Waals surface area contributed by atoms with Crippen LogP contribution in [-0.4, -0.2) is 32.8 Å². The molecule has 0 unspecified atom stereocenters. The SMILES string of the molecule is CC(C)(C)n1nc2nc(N3CCCCC3)nc(-c3ccc(F)c(Cl)c3)c2c1N. The van der Waals surface area contributed by atoms with E-state index < -0.39 is 5.82 Å². The summed E-state index contributed by atoms with van der Waals surface area (Å²) in [7, 11) is 0. The Morgan fingerprint density at radius 2 is 1.82 bits per heavy atom. The van der Waals surface area contributed by atoms with Gasteiger partial charge < -0.3 is 10.6 Å². The Labute approximate surface area is 168 Å². The molecule has 3 heterocycles. The van der Waals surface area contributed by atoms with Crippen molar-refractivity contribution in [3.05, 3.63) is 29.0 Å². The fourth-order valence-electron chi connectivity index (χ4n) is 3.60. The van der Waals surface area contributed by atoms with Crippen LogP contribution in [-0.2, 0) is 5.54 Å². The van der Waals surface area contributed by atoms with Crippen molar-refractivity contribution in [3.8, 4) is 11.3 Å². The number of nitrogens with zero attached hydrogens (tertiary/aromatic N) is 5. The number of hydrogen-bond donors (Lipinski definition) is 1. The average molecular weight is 403 g/mol. The number of hydrogen-bond acceptors (Lipinski definition) is 5. The molecule has 6 nitrogen and oxygen atoms in total. The zero-order chi connectivity index (χ0) is 20.1. The molecule has 0 amide bonds. The number of fused-ring (bicyclic) bond motifs is 1. The van der Waals surface area contributed by atoms with E-state index in [0.29, 0.717) is 34.1 Å². The summed E-state index contributed by atoms with van der Waals surface area (Å²) in [6, 6.07) is 4.58. The van der Waals surface area contributed by atoms with E-state index in [2.05, 4.69) is 10.00 Å². The number of aromatic nitrogens is 4. The molecular formula is C20H24ClFN6. The molecule has 0 saturated carbocycles. The molecule has 1 saturated heterocycles. The zero-order valence-electron chi connectivity index (χ0n) is 16.3. The largest absolute Gasteiger partial charge is 0.383 e. The third-order valence-electron chi connectivity index (χ3n) is 5.02. The first kappa shape index (κ1) is 18.9. The van der Waals surface area contributed by atoms with Crippen molar-refractivity contribution in [2.45, 2.75) is 45.6 Å². The lowest BCUT2D eigenvalue weighted by Gasteiger charge is -2.26. The molecule has 3 aromatic rings. The van der Waals surface area contributed by atoms with Gasteiger partial charge in [-0.15, -0.1) is 5.10 Å². The summed E-state index contributed by atoms with van der Waals surface area (Å²) in [5.74, 6) is 0.648. The van der Waals surface area contributed by atoms with Crippen LogP contribution < -0.4 is 10.6 Å². The molecule has 1 aliphatic rings. The van der Waals surface area contributed by atoms with Crippen LogP contribution in [0.3, 0.4) is 0 Å². The molecule has 1 fully saturated rings. The van der Waals surface area contributed by atoms with Gasteiger partial charge in [-0.2, -0.15) is 4.98 Å². The van der Waals surface area contributed by atoms with Crippen molar-refractivity contribution in [3.63, 3.8) is 0 Å². The van der Waals surface area contributed by atoms with Gasteiger partial charge in [0, 0.05) is 18.7 Å². The highest BCUT2D eigenvalue weighted by Crippen LogP contribution is 2.36. The van der Waals surface area contributed by atoms with E-state index in [1.807, 2.05) is 20.8 Å². The number of piperidine rings is 1. The van der Waals surface area contributed by atoms with Crippen LogP contribution in [0.5, 0.6) is 0 Å². The van der Waals surface area contributed by atoms with E-state index in [1.165, 1.54) is 12.5 Å². The summed E-state index contributed by atoms with van der Waals surface area (Å²) in [6.07, 6.45) is 3.43. The fourth-order valence-corrected chi connectivity index (χ4v) is 3.78. The number of nitrogens with two attached hydrogens (primary N) is 1. The van der Waals surface area contributed by atoms with Gasteiger partial charge in [0.05, 0.1) is 21.6 Å². The molecule has 28 heavy (non-hydrogen) atoms. The Kier molecular flexibility index (Phi) is 4.65. The quantitative estimate of drug-likeness (QED) is 0.677. The molecule has 0 atom stereocenters. The standard InChI is InChI=1S/C20H24ClFN6/c1-20(2,3)28-17(23)15-16(12-7-8-14(22)13(21)11-12)24-19(25-18(15)26-28)27-9-5-4-6-10-27/h7-8,11H,4-6,9-10,23H2,1-3H3. The van der Waals surface area contributed by atoms with Crippen LogP contribution in [0.2, 0.25) is 5.02 Å². The van der Waals surface area contributed by atoms with Gasteiger partial charge in [-0.05, 0) is 58.2 Å².